The molecule has 0 bridgehead atoms. The van der Waals surface area contributed by atoms with E-state index in [1.165, 1.54) is 0 Å². The molecule has 2 rings (SSSR count). The van der Waals surface area contributed by atoms with Gasteiger partial charge in [-0.2, -0.15) is 0 Å². The number of benzene rings is 2. The second kappa shape index (κ2) is 5.97. The highest BCUT2D eigenvalue weighted by atomic mass is 79.9. The molecule has 106 valence electrons. The van der Waals surface area contributed by atoms with Crippen LogP contribution in [0, 0.1) is 0 Å². The number of nitrogens with one attached hydrogen (secondary N) is 1. The molecule has 1 N–H and O–H groups in total. The van der Waals surface area contributed by atoms with Crippen molar-refractivity contribution in [1.29, 1.82) is 0 Å². The first-order valence-electron chi connectivity index (χ1n) is 6.27. The third-order valence-corrected chi connectivity index (χ3v) is 5.00. The smallest absolute Gasteiger partial charge is 0.261 e. The predicted molar refractivity (Wildman–Crippen MR) is 85.5 cm³/mol. The monoisotopic (exact) mass is 353 g/mol. The van der Waals surface area contributed by atoms with E-state index < -0.39 is 10.0 Å². The molecule has 0 aromatic heterocycles. The second-order valence-electron chi connectivity index (χ2n) is 4.81. The van der Waals surface area contributed by atoms with E-state index in [1.54, 1.807) is 36.4 Å². The van der Waals surface area contributed by atoms with E-state index >= 15 is 0 Å². The third kappa shape index (κ3) is 3.41. The molecule has 5 heteroatoms. The molecule has 0 aliphatic carbocycles. The minimum Gasteiger partial charge on any atom is -0.278 e. The summed E-state index contributed by atoms with van der Waals surface area (Å²) in [5.74, 6) is 0.395. The van der Waals surface area contributed by atoms with Gasteiger partial charge in [-0.3, -0.25) is 4.72 Å². The molecule has 0 unspecified atom stereocenters. The van der Waals surface area contributed by atoms with E-state index in [-0.39, 0.29) is 4.90 Å². The number of halogens is 1. The van der Waals surface area contributed by atoms with Crippen molar-refractivity contribution >= 4 is 31.6 Å². The lowest BCUT2D eigenvalue weighted by Crippen LogP contribution is -2.13. The Balaban J connectivity index is 2.31. The Morgan fingerprint density at radius 1 is 1.05 bits per heavy atom. The Morgan fingerprint density at radius 3 is 2.25 bits per heavy atom. The first kappa shape index (κ1) is 15.1. The molecule has 0 radical (unpaired) electrons. The Hall–Kier alpha value is -1.33. The zero-order chi connectivity index (χ0) is 14.8. The van der Waals surface area contributed by atoms with Crippen LogP contribution in [0.4, 0.5) is 5.69 Å². The van der Waals surface area contributed by atoms with Crippen molar-refractivity contribution in [2.45, 2.75) is 24.7 Å². The maximum absolute atomic E-state index is 12.2. The van der Waals surface area contributed by atoms with Crippen molar-refractivity contribution in [2.24, 2.45) is 0 Å². The second-order valence-corrected chi connectivity index (χ2v) is 7.35. The normalized spacial score (nSPS) is 11.6. The molecule has 0 aliphatic rings. The molecular weight excluding hydrogens is 338 g/mol. The molecular formula is C15H16BrNO2S. The Bertz CT molecular complexity index is 697. The van der Waals surface area contributed by atoms with Gasteiger partial charge in [0.25, 0.3) is 10.0 Å². The van der Waals surface area contributed by atoms with Crippen LogP contribution >= 0.6 is 15.9 Å². The molecule has 3 nitrogen and oxygen atoms in total. The summed E-state index contributed by atoms with van der Waals surface area (Å²) in [5, 5.41) is 0. The fraction of sp³-hybridized carbons (Fsp3) is 0.200. The van der Waals surface area contributed by atoms with Crippen LogP contribution in [0.5, 0.6) is 0 Å². The lowest BCUT2D eigenvalue weighted by molar-refractivity contribution is 0.601. The zero-order valence-corrected chi connectivity index (χ0v) is 13.7. The van der Waals surface area contributed by atoms with Crippen molar-refractivity contribution in [1.82, 2.24) is 0 Å². The van der Waals surface area contributed by atoms with Crippen LogP contribution in [0.3, 0.4) is 0 Å². The van der Waals surface area contributed by atoms with E-state index in [4.69, 9.17) is 0 Å². The van der Waals surface area contributed by atoms with Crippen LogP contribution in [-0.2, 0) is 10.0 Å². The quantitative estimate of drug-likeness (QED) is 0.886. The highest BCUT2D eigenvalue weighted by Crippen LogP contribution is 2.28. The van der Waals surface area contributed by atoms with Gasteiger partial charge in [-0.05, 0) is 51.7 Å². The summed E-state index contributed by atoms with van der Waals surface area (Å²) >= 11 is 3.41. The highest BCUT2D eigenvalue weighted by molar-refractivity contribution is 9.10. The molecule has 2 aromatic carbocycles. The number of hydrogen-bond donors (Lipinski definition) is 1. The minimum atomic E-state index is -3.55. The van der Waals surface area contributed by atoms with Crippen LogP contribution in [0.25, 0.3) is 0 Å². The first-order chi connectivity index (χ1) is 9.40. The van der Waals surface area contributed by atoms with Gasteiger partial charge in [-0.15, -0.1) is 0 Å². The molecule has 0 saturated carbocycles. The van der Waals surface area contributed by atoms with Crippen LogP contribution in [-0.4, -0.2) is 8.42 Å². The van der Waals surface area contributed by atoms with Gasteiger partial charge >= 0.3 is 0 Å². The van der Waals surface area contributed by atoms with E-state index in [2.05, 4.69) is 34.5 Å². The number of hydrogen-bond acceptors (Lipinski definition) is 2. The van der Waals surface area contributed by atoms with Gasteiger partial charge in [0.15, 0.2) is 0 Å². The van der Waals surface area contributed by atoms with Crippen molar-refractivity contribution in [2.75, 3.05) is 4.72 Å². The van der Waals surface area contributed by atoms with E-state index in [0.29, 0.717) is 11.6 Å². The Morgan fingerprint density at radius 2 is 1.70 bits per heavy atom. The summed E-state index contributed by atoms with van der Waals surface area (Å²) in [7, 11) is -3.55. The lowest BCUT2D eigenvalue weighted by Gasteiger charge is -2.12. The fourth-order valence-corrected chi connectivity index (χ4v) is 3.50. The Kier molecular flexibility index (Phi) is 4.50. The summed E-state index contributed by atoms with van der Waals surface area (Å²) in [6.07, 6.45) is 0. The van der Waals surface area contributed by atoms with Crippen molar-refractivity contribution in [3.8, 4) is 0 Å². The summed E-state index contributed by atoms with van der Waals surface area (Å²) in [4.78, 5) is 0.250. The molecule has 0 atom stereocenters. The van der Waals surface area contributed by atoms with Crippen LogP contribution < -0.4 is 4.72 Å². The topological polar surface area (TPSA) is 46.2 Å². The van der Waals surface area contributed by atoms with E-state index in [9.17, 15) is 8.42 Å². The summed E-state index contributed by atoms with van der Waals surface area (Å²) < 4.78 is 27.8. The van der Waals surface area contributed by atoms with Gasteiger partial charge in [-0.25, -0.2) is 8.42 Å². The molecule has 0 heterocycles. The molecule has 2 aromatic rings. The number of rotatable bonds is 4. The molecule has 0 fully saturated rings. The van der Waals surface area contributed by atoms with Gasteiger partial charge in [-0.1, -0.05) is 38.1 Å². The highest BCUT2D eigenvalue weighted by Gasteiger charge is 2.15. The number of anilines is 1. The SMILES string of the molecule is CC(C)c1ccc(NS(=O)(=O)c2ccccc2)c(Br)c1. The molecule has 0 aliphatic heterocycles. The fourth-order valence-electron chi connectivity index (χ4n) is 1.78. The van der Waals surface area contributed by atoms with E-state index in [0.717, 1.165) is 10.0 Å². The van der Waals surface area contributed by atoms with Crippen molar-refractivity contribution < 1.29 is 8.42 Å². The van der Waals surface area contributed by atoms with Crippen molar-refractivity contribution in [3.63, 3.8) is 0 Å². The molecule has 0 amide bonds. The first-order valence-corrected chi connectivity index (χ1v) is 8.55. The maximum atomic E-state index is 12.2. The average molecular weight is 354 g/mol. The standard InChI is InChI=1S/C15H16BrNO2S/c1-11(2)12-8-9-15(14(16)10-12)17-20(18,19)13-6-4-3-5-7-13/h3-11,17H,1-2H3. The predicted octanol–water partition coefficient (Wildman–Crippen LogP) is 4.37. The largest absolute Gasteiger partial charge is 0.278 e. The van der Waals surface area contributed by atoms with Gasteiger partial charge in [0.05, 0.1) is 10.6 Å². The van der Waals surface area contributed by atoms with Crippen LogP contribution in [0.15, 0.2) is 57.9 Å². The maximum Gasteiger partial charge on any atom is 0.261 e. The lowest BCUT2D eigenvalue weighted by atomic mass is 10.0. The Labute approximate surface area is 128 Å². The van der Waals surface area contributed by atoms with Gasteiger partial charge in [0.2, 0.25) is 0 Å². The molecule has 20 heavy (non-hydrogen) atoms. The number of sulfonamides is 1. The van der Waals surface area contributed by atoms with Gasteiger partial charge < -0.3 is 0 Å². The summed E-state index contributed by atoms with van der Waals surface area (Å²) in [6.45, 7) is 4.19. The van der Waals surface area contributed by atoms with Crippen LogP contribution in [0.1, 0.15) is 25.3 Å². The summed E-state index contributed by atoms with van der Waals surface area (Å²) in [5.41, 5.74) is 1.69. The van der Waals surface area contributed by atoms with Gasteiger partial charge in [0, 0.05) is 4.47 Å². The zero-order valence-electron chi connectivity index (χ0n) is 11.3. The van der Waals surface area contributed by atoms with E-state index in [1.807, 2.05) is 12.1 Å². The van der Waals surface area contributed by atoms with Gasteiger partial charge in [0.1, 0.15) is 0 Å². The molecule has 0 spiro atoms. The summed E-state index contributed by atoms with van der Waals surface area (Å²) in [6, 6.07) is 14.0. The molecule has 0 saturated heterocycles. The average Bonchev–Trinajstić information content (AvgIpc) is 2.41. The third-order valence-electron chi connectivity index (χ3n) is 2.96. The minimum absolute atomic E-state index is 0.250. The van der Waals surface area contributed by atoms with Crippen molar-refractivity contribution in [3.05, 3.63) is 58.6 Å². The van der Waals surface area contributed by atoms with Crippen LogP contribution in [0.2, 0.25) is 0 Å².